The Hall–Kier alpha value is -0.780. The van der Waals surface area contributed by atoms with Gasteiger partial charge in [-0.15, -0.1) is 5.06 Å². The minimum Gasteiger partial charge on any atom is -0.361 e. The number of rotatable bonds is 1. The van der Waals surface area contributed by atoms with Crippen molar-refractivity contribution >= 4 is 5.97 Å². The molecule has 0 aliphatic carbocycles. The van der Waals surface area contributed by atoms with Crippen molar-refractivity contribution in [2.45, 2.75) is 19.5 Å². The first-order valence-electron chi connectivity index (χ1n) is 3.93. The van der Waals surface area contributed by atoms with Gasteiger partial charge in [-0.2, -0.15) is 13.2 Å². The van der Waals surface area contributed by atoms with E-state index in [0.717, 1.165) is 11.5 Å². The second-order valence-electron chi connectivity index (χ2n) is 3.16. The Morgan fingerprint density at radius 1 is 1.54 bits per heavy atom. The van der Waals surface area contributed by atoms with Gasteiger partial charge in [0.2, 0.25) is 0 Å². The highest BCUT2D eigenvalue weighted by atomic mass is 19.4. The van der Waals surface area contributed by atoms with Gasteiger partial charge >= 0.3 is 12.1 Å². The molecule has 0 bridgehead atoms. The van der Waals surface area contributed by atoms with Crippen molar-refractivity contribution in [3.05, 3.63) is 0 Å². The zero-order valence-electron chi connectivity index (χ0n) is 7.10. The molecule has 1 rings (SSSR count). The van der Waals surface area contributed by atoms with Crippen LogP contribution in [0.3, 0.4) is 0 Å². The Labute approximate surface area is 73.4 Å². The van der Waals surface area contributed by atoms with Gasteiger partial charge in [-0.05, 0) is 12.3 Å². The maximum absolute atomic E-state index is 11.7. The SMILES string of the molecule is CC1CCN(OC(=O)C(F)(F)F)C1. The third-order valence-corrected chi connectivity index (χ3v) is 1.83. The largest absolute Gasteiger partial charge is 0.492 e. The average Bonchev–Trinajstić information content (AvgIpc) is 2.33. The molecule has 1 heterocycles. The fourth-order valence-electron chi connectivity index (χ4n) is 1.15. The van der Waals surface area contributed by atoms with Crippen LogP contribution in [-0.2, 0) is 9.63 Å². The lowest BCUT2D eigenvalue weighted by molar-refractivity contribution is -0.235. The summed E-state index contributed by atoms with van der Waals surface area (Å²) in [4.78, 5) is 14.5. The average molecular weight is 197 g/mol. The number of halogens is 3. The van der Waals surface area contributed by atoms with Crippen LogP contribution in [0.25, 0.3) is 0 Å². The minimum absolute atomic E-state index is 0.279. The molecule has 0 saturated carbocycles. The number of hydrogen-bond donors (Lipinski definition) is 0. The molecule has 0 aromatic carbocycles. The van der Waals surface area contributed by atoms with Gasteiger partial charge in [0.25, 0.3) is 0 Å². The van der Waals surface area contributed by atoms with Crippen LogP contribution in [-0.4, -0.2) is 30.3 Å². The highest BCUT2D eigenvalue weighted by Crippen LogP contribution is 2.20. The Balaban J connectivity index is 2.37. The lowest BCUT2D eigenvalue weighted by Crippen LogP contribution is -2.33. The predicted molar refractivity (Wildman–Crippen MR) is 37.5 cm³/mol. The molecule has 0 aromatic heterocycles. The van der Waals surface area contributed by atoms with E-state index in [2.05, 4.69) is 4.84 Å². The molecule has 0 spiro atoms. The number of carbonyl (C=O) groups excluding carboxylic acids is 1. The fourth-order valence-corrected chi connectivity index (χ4v) is 1.15. The Kier molecular flexibility index (Phi) is 2.80. The molecule has 0 amide bonds. The third kappa shape index (κ3) is 2.87. The van der Waals surface area contributed by atoms with Crippen LogP contribution in [0.15, 0.2) is 0 Å². The lowest BCUT2D eigenvalue weighted by Gasteiger charge is -2.15. The van der Waals surface area contributed by atoms with Crippen LogP contribution in [0, 0.1) is 5.92 Å². The number of carbonyl (C=O) groups is 1. The normalized spacial score (nSPS) is 24.8. The van der Waals surface area contributed by atoms with Crippen LogP contribution < -0.4 is 0 Å². The smallest absolute Gasteiger partial charge is 0.361 e. The summed E-state index contributed by atoms with van der Waals surface area (Å²) >= 11 is 0. The van der Waals surface area contributed by atoms with Gasteiger partial charge in [-0.3, -0.25) is 0 Å². The van der Waals surface area contributed by atoms with E-state index in [1.165, 1.54) is 0 Å². The monoisotopic (exact) mass is 197 g/mol. The second kappa shape index (κ2) is 3.53. The third-order valence-electron chi connectivity index (χ3n) is 1.83. The summed E-state index contributed by atoms with van der Waals surface area (Å²) in [5.74, 6) is -1.86. The molecule has 13 heavy (non-hydrogen) atoms. The molecule has 0 N–H and O–H groups in total. The van der Waals surface area contributed by atoms with Crippen molar-refractivity contribution in [3.63, 3.8) is 0 Å². The summed E-state index contributed by atoms with van der Waals surface area (Å²) in [6.07, 6.45) is -4.14. The maximum atomic E-state index is 11.7. The van der Waals surface area contributed by atoms with Gasteiger partial charge in [-0.25, -0.2) is 4.79 Å². The predicted octanol–water partition coefficient (Wildman–Crippen LogP) is 1.35. The first kappa shape index (κ1) is 10.3. The van der Waals surface area contributed by atoms with Gasteiger partial charge < -0.3 is 4.84 Å². The van der Waals surface area contributed by atoms with Crippen LogP contribution in [0.5, 0.6) is 0 Å². The van der Waals surface area contributed by atoms with Gasteiger partial charge in [0.1, 0.15) is 0 Å². The molecule has 0 radical (unpaired) electrons. The van der Waals surface area contributed by atoms with Crippen LogP contribution in [0.1, 0.15) is 13.3 Å². The van der Waals surface area contributed by atoms with Crippen molar-refractivity contribution in [3.8, 4) is 0 Å². The van der Waals surface area contributed by atoms with Crippen LogP contribution >= 0.6 is 0 Å². The summed E-state index contributed by atoms with van der Waals surface area (Å²) in [7, 11) is 0. The van der Waals surface area contributed by atoms with Crippen molar-refractivity contribution < 1.29 is 22.8 Å². The van der Waals surface area contributed by atoms with E-state index >= 15 is 0 Å². The molecule has 1 fully saturated rings. The number of nitrogens with zero attached hydrogens (tertiary/aromatic N) is 1. The quantitative estimate of drug-likeness (QED) is 0.635. The molecule has 1 unspecified atom stereocenters. The molecule has 3 nitrogen and oxygen atoms in total. The first-order valence-corrected chi connectivity index (χ1v) is 3.93. The van der Waals surface area contributed by atoms with Crippen LogP contribution in [0.2, 0.25) is 0 Å². The molecular formula is C7H10F3NO2. The van der Waals surface area contributed by atoms with E-state index in [1.807, 2.05) is 6.92 Å². The highest BCUT2D eigenvalue weighted by molar-refractivity contribution is 5.75. The lowest BCUT2D eigenvalue weighted by atomic mass is 10.2. The van der Waals surface area contributed by atoms with E-state index in [1.54, 1.807) is 0 Å². The van der Waals surface area contributed by atoms with E-state index in [9.17, 15) is 18.0 Å². The highest BCUT2D eigenvalue weighted by Gasteiger charge is 2.43. The summed E-state index contributed by atoms with van der Waals surface area (Å²) in [5, 5.41) is 1.06. The van der Waals surface area contributed by atoms with Crippen molar-refractivity contribution in [1.29, 1.82) is 0 Å². The Morgan fingerprint density at radius 3 is 2.54 bits per heavy atom. The summed E-state index contributed by atoms with van der Waals surface area (Å²) < 4.78 is 35.1. The molecular weight excluding hydrogens is 187 g/mol. The fraction of sp³-hybridized carbons (Fsp3) is 0.857. The molecule has 1 aliphatic heterocycles. The zero-order chi connectivity index (χ0) is 10.1. The minimum atomic E-state index is -4.90. The molecule has 1 aliphatic rings. The first-order chi connectivity index (χ1) is 5.89. The number of hydroxylamine groups is 2. The summed E-state index contributed by atoms with van der Waals surface area (Å²) in [6.45, 7) is 2.65. The Bertz CT molecular complexity index is 204. The Morgan fingerprint density at radius 2 is 2.15 bits per heavy atom. The van der Waals surface area contributed by atoms with Gasteiger partial charge in [0.15, 0.2) is 0 Å². The summed E-state index contributed by atoms with van der Waals surface area (Å²) in [5.41, 5.74) is 0. The number of alkyl halides is 3. The standard InChI is InChI=1S/C7H10F3NO2/c1-5-2-3-11(4-5)13-6(12)7(8,9)10/h5H,2-4H2,1H3. The topological polar surface area (TPSA) is 29.5 Å². The van der Waals surface area contributed by atoms with Gasteiger partial charge in [0.05, 0.1) is 0 Å². The van der Waals surface area contributed by atoms with E-state index in [0.29, 0.717) is 13.1 Å². The maximum Gasteiger partial charge on any atom is 0.492 e. The van der Waals surface area contributed by atoms with Gasteiger partial charge in [0, 0.05) is 13.1 Å². The van der Waals surface area contributed by atoms with Crippen molar-refractivity contribution in [1.82, 2.24) is 5.06 Å². The summed E-state index contributed by atoms with van der Waals surface area (Å²) in [6, 6.07) is 0. The molecule has 0 aromatic rings. The van der Waals surface area contributed by atoms with E-state index in [4.69, 9.17) is 0 Å². The second-order valence-corrected chi connectivity index (χ2v) is 3.16. The number of hydrogen-bond acceptors (Lipinski definition) is 3. The molecule has 1 saturated heterocycles. The van der Waals surface area contributed by atoms with Gasteiger partial charge in [-0.1, -0.05) is 6.92 Å². The molecule has 6 heteroatoms. The van der Waals surface area contributed by atoms with Crippen molar-refractivity contribution in [2.75, 3.05) is 13.1 Å². The van der Waals surface area contributed by atoms with Crippen molar-refractivity contribution in [2.24, 2.45) is 5.92 Å². The van der Waals surface area contributed by atoms with E-state index in [-0.39, 0.29) is 5.92 Å². The zero-order valence-corrected chi connectivity index (χ0v) is 7.10. The van der Waals surface area contributed by atoms with Crippen LogP contribution in [0.4, 0.5) is 13.2 Å². The molecule has 1 atom stereocenters. The van der Waals surface area contributed by atoms with E-state index < -0.39 is 12.1 Å². The molecule has 76 valence electrons.